The van der Waals surface area contributed by atoms with Gasteiger partial charge in [0.2, 0.25) is 0 Å². The predicted octanol–water partition coefficient (Wildman–Crippen LogP) is 3.97. The summed E-state index contributed by atoms with van der Waals surface area (Å²) in [7, 11) is 0. The molecule has 0 saturated heterocycles. The van der Waals surface area contributed by atoms with Crippen molar-refractivity contribution >= 4 is 28.7 Å². The van der Waals surface area contributed by atoms with Crippen LogP contribution in [0.4, 0.5) is 0 Å². The number of nitrogens with zero attached hydrogens (tertiary/aromatic N) is 2. The van der Waals surface area contributed by atoms with Gasteiger partial charge in [0, 0.05) is 16.0 Å². The molecular formula is C14H11ClN2OS. The maximum absolute atomic E-state index is 11.3. The molecule has 0 spiro atoms. The van der Waals surface area contributed by atoms with Gasteiger partial charge in [0.05, 0.1) is 11.8 Å². The Morgan fingerprint density at radius 1 is 1.53 bits per heavy atom. The molecule has 0 fully saturated rings. The molecule has 0 aliphatic carbocycles. The van der Waals surface area contributed by atoms with Gasteiger partial charge in [-0.15, -0.1) is 11.3 Å². The number of carbonyl (C=O) groups excluding carboxylic acids is 1. The van der Waals surface area contributed by atoms with Crippen LogP contribution >= 0.6 is 22.9 Å². The topological polar surface area (TPSA) is 53.8 Å². The Labute approximate surface area is 120 Å². The van der Waals surface area contributed by atoms with Crippen LogP contribution in [0.1, 0.15) is 23.4 Å². The van der Waals surface area contributed by atoms with E-state index in [2.05, 4.69) is 4.98 Å². The largest absolute Gasteiger partial charge is 0.298 e. The molecule has 2 aromatic rings. The number of hydrogen-bond acceptors (Lipinski definition) is 4. The molecule has 0 bridgehead atoms. The normalized spacial score (nSPS) is 11.9. The van der Waals surface area contributed by atoms with E-state index in [0.29, 0.717) is 10.0 Å². The zero-order valence-corrected chi connectivity index (χ0v) is 12.0. The standard InChI is InChI=1S/C14H11ClN2OS/c1-8-5-10(3-4-12(8)15)13-7-19-14(17-13)11(6-16)9(2)18/h3-5,7,11H,1-2H3/t11-/m1/s1. The van der Waals surface area contributed by atoms with E-state index in [1.807, 2.05) is 36.6 Å². The first-order chi connectivity index (χ1) is 9.02. The van der Waals surface area contributed by atoms with Crippen molar-refractivity contribution in [3.05, 3.63) is 39.2 Å². The molecule has 1 aromatic carbocycles. The van der Waals surface area contributed by atoms with Crippen molar-refractivity contribution in [2.45, 2.75) is 19.8 Å². The summed E-state index contributed by atoms with van der Waals surface area (Å²) < 4.78 is 0. The van der Waals surface area contributed by atoms with Crippen LogP contribution in [0.2, 0.25) is 5.02 Å². The number of thiazole rings is 1. The first kappa shape index (κ1) is 13.7. The average molecular weight is 291 g/mol. The van der Waals surface area contributed by atoms with E-state index in [0.717, 1.165) is 16.8 Å². The van der Waals surface area contributed by atoms with Gasteiger partial charge in [-0.3, -0.25) is 4.79 Å². The second-order valence-corrected chi connectivity index (χ2v) is 5.50. The van der Waals surface area contributed by atoms with Crippen molar-refractivity contribution in [1.82, 2.24) is 4.98 Å². The number of carbonyl (C=O) groups is 1. The quantitative estimate of drug-likeness (QED) is 0.859. The second-order valence-electron chi connectivity index (χ2n) is 4.21. The molecule has 19 heavy (non-hydrogen) atoms. The number of benzene rings is 1. The molecule has 3 nitrogen and oxygen atoms in total. The van der Waals surface area contributed by atoms with E-state index in [1.165, 1.54) is 18.3 Å². The number of hydrogen-bond donors (Lipinski definition) is 0. The van der Waals surface area contributed by atoms with Crippen LogP contribution in [0.5, 0.6) is 0 Å². The van der Waals surface area contributed by atoms with Gasteiger partial charge >= 0.3 is 0 Å². The Hall–Kier alpha value is -1.70. The molecule has 1 heterocycles. The van der Waals surface area contributed by atoms with Crippen LogP contribution in [-0.4, -0.2) is 10.8 Å². The molecule has 0 saturated carbocycles. The lowest BCUT2D eigenvalue weighted by Gasteiger charge is -2.02. The van der Waals surface area contributed by atoms with Crippen LogP contribution in [0.25, 0.3) is 11.3 Å². The number of aryl methyl sites for hydroxylation is 1. The van der Waals surface area contributed by atoms with Gasteiger partial charge in [0.15, 0.2) is 11.7 Å². The van der Waals surface area contributed by atoms with Crippen LogP contribution < -0.4 is 0 Å². The summed E-state index contributed by atoms with van der Waals surface area (Å²) in [4.78, 5) is 15.7. The van der Waals surface area contributed by atoms with Crippen LogP contribution in [0.3, 0.4) is 0 Å². The number of nitriles is 1. The molecule has 0 N–H and O–H groups in total. The third kappa shape index (κ3) is 2.83. The Bertz CT molecular complexity index is 672. The summed E-state index contributed by atoms with van der Waals surface area (Å²) in [6.07, 6.45) is 0. The highest BCUT2D eigenvalue weighted by Gasteiger charge is 2.20. The monoisotopic (exact) mass is 290 g/mol. The lowest BCUT2D eigenvalue weighted by molar-refractivity contribution is -0.117. The number of Topliss-reactive ketones (excluding diaryl/α,β-unsaturated/α-hetero) is 1. The maximum Gasteiger partial charge on any atom is 0.156 e. The van der Waals surface area contributed by atoms with Crippen LogP contribution in [0.15, 0.2) is 23.6 Å². The molecule has 1 atom stereocenters. The highest BCUT2D eigenvalue weighted by atomic mass is 35.5. The van der Waals surface area contributed by atoms with Crippen molar-refractivity contribution in [3.63, 3.8) is 0 Å². The van der Waals surface area contributed by atoms with Crippen molar-refractivity contribution in [3.8, 4) is 17.3 Å². The molecular weight excluding hydrogens is 280 g/mol. The number of ketones is 1. The summed E-state index contributed by atoms with van der Waals surface area (Å²) in [6, 6.07) is 7.62. The molecule has 5 heteroatoms. The van der Waals surface area contributed by atoms with E-state index in [1.54, 1.807) is 0 Å². The third-order valence-corrected chi connectivity index (χ3v) is 4.09. The fourth-order valence-electron chi connectivity index (χ4n) is 1.68. The van der Waals surface area contributed by atoms with Crippen LogP contribution in [0, 0.1) is 18.3 Å². The molecule has 0 unspecified atom stereocenters. The summed E-state index contributed by atoms with van der Waals surface area (Å²) in [5, 5.41) is 12.1. The third-order valence-electron chi connectivity index (χ3n) is 2.76. The Morgan fingerprint density at radius 3 is 2.84 bits per heavy atom. The van der Waals surface area contributed by atoms with E-state index >= 15 is 0 Å². The zero-order valence-electron chi connectivity index (χ0n) is 10.5. The van der Waals surface area contributed by atoms with Crippen molar-refractivity contribution < 1.29 is 4.79 Å². The van der Waals surface area contributed by atoms with Gasteiger partial charge in [0.1, 0.15) is 5.01 Å². The van der Waals surface area contributed by atoms with Crippen molar-refractivity contribution in [2.24, 2.45) is 0 Å². The van der Waals surface area contributed by atoms with E-state index < -0.39 is 5.92 Å². The highest BCUT2D eigenvalue weighted by molar-refractivity contribution is 7.10. The van der Waals surface area contributed by atoms with Gasteiger partial charge in [-0.2, -0.15) is 5.26 Å². The fourth-order valence-corrected chi connectivity index (χ4v) is 2.72. The molecule has 0 radical (unpaired) electrons. The second kappa shape index (κ2) is 5.52. The van der Waals surface area contributed by atoms with E-state index in [4.69, 9.17) is 16.9 Å². The van der Waals surface area contributed by atoms with Gasteiger partial charge < -0.3 is 0 Å². The van der Waals surface area contributed by atoms with Gasteiger partial charge in [-0.05, 0) is 31.5 Å². The molecule has 2 rings (SSSR count). The van der Waals surface area contributed by atoms with Crippen LogP contribution in [-0.2, 0) is 4.79 Å². The minimum Gasteiger partial charge on any atom is -0.298 e. The first-order valence-electron chi connectivity index (χ1n) is 5.65. The summed E-state index contributed by atoms with van der Waals surface area (Å²) in [6.45, 7) is 3.33. The maximum atomic E-state index is 11.3. The first-order valence-corrected chi connectivity index (χ1v) is 6.90. The minimum atomic E-state index is -0.771. The SMILES string of the molecule is CC(=O)[C@@H](C#N)c1nc(-c2ccc(Cl)c(C)c2)cs1. The van der Waals surface area contributed by atoms with E-state index in [-0.39, 0.29) is 5.78 Å². The molecule has 0 aliphatic rings. The molecule has 96 valence electrons. The van der Waals surface area contributed by atoms with E-state index in [9.17, 15) is 4.79 Å². The Balaban J connectivity index is 2.38. The number of aromatic nitrogens is 1. The fraction of sp³-hybridized carbons (Fsp3) is 0.214. The lowest BCUT2D eigenvalue weighted by Crippen LogP contribution is -2.05. The van der Waals surface area contributed by atoms with Crippen molar-refractivity contribution in [2.75, 3.05) is 0 Å². The Kier molecular flexibility index (Phi) is 3.98. The molecule has 1 aromatic heterocycles. The smallest absolute Gasteiger partial charge is 0.156 e. The molecule has 0 amide bonds. The zero-order chi connectivity index (χ0) is 14.0. The summed E-state index contributed by atoms with van der Waals surface area (Å²) >= 11 is 7.31. The summed E-state index contributed by atoms with van der Waals surface area (Å²) in [5.41, 5.74) is 2.67. The lowest BCUT2D eigenvalue weighted by atomic mass is 10.1. The van der Waals surface area contributed by atoms with Gasteiger partial charge in [0.25, 0.3) is 0 Å². The molecule has 0 aliphatic heterocycles. The van der Waals surface area contributed by atoms with Crippen molar-refractivity contribution in [1.29, 1.82) is 5.26 Å². The average Bonchev–Trinajstić information content (AvgIpc) is 2.82. The van der Waals surface area contributed by atoms with Gasteiger partial charge in [-0.25, -0.2) is 4.98 Å². The Morgan fingerprint density at radius 2 is 2.26 bits per heavy atom. The highest BCUT2D eigenvalue weighted by Crippen LogP contribution is 2.29. The summed E-state index contributed by atoms with van der Waals surface area (Å²) in [5.74, 6) is -0.956. The number of halogens is 1. The van der Waals surface area contributed by atoms with Gasteiger partial charge in [-0.1, -0.05) is 17.7 Å². The minimum absolute atomic E-state index is 0.185. The predicted molar refractivity (Wildman–Crippen MR) is 76.3 cm³/mol. The number of rotatable bonds is 3.